The van der Waals surface area contributed by atoms with Crippen molar-refractivity contribution in [2.45, 2.75) is 20.4 Å². The summed E-state index contributed by atoms with van der Waals surface area (Å²) in [6.45, 7) is 4.62. The molecule has 0 heterocycles. The Morgan fingerprint density at radius 2 is 1.93 bits per heavy atom. The summed E-state index contributed by atoms with van der Waals surface area (Å²) in [4.78, 5) is 27.3. The first-order valence-corrected chi connectivity index (χ1v) is 9.56. The van der Waals surface area contributed by atoms with Crippen LogP contribution in [0.5, 0.6) is 0 Å². The van der Waals surface area contributed by atoms with E-state index in [0.717, 1.165) is 10.5 Å². The van der Waals surface area contributed by atoms with Crippen molar-refractivity contribution in [2.75, 3.05) is 32.0 Å². The van der Waals surface area contributed by atoms with Crippen molar-refractivity contribution in [1.82, 2.24) is 4.90 Å². The average molecular weight is 407 g/mol. The van der Waals surface area contributed by atoms with Crippen LogP contribution in [-0.4, -0.2) is 43.4 Å². The highest BCUT2D eigenvalue weighted by Gasteiger charge is 2.20. The van der Waals surface area contributed by atoms with E-state index in [1.807, 2.05) is 27.0 Å². The minimum absolute atomic E-state index is 0.0474. The molecule has 28 heavy (non-hydrogen) atoms. The number of aryl methyl sites for hydroxylation is 1. The van der Waals surface area contributed by atoms with Gasteiger partial charge in [-0.25, -0.2) is 4.39 Å². The van der Waals surface area contributed by atoms with E-state index in [4.69, 9.17) is 11.6 Å². The number of amides is 2. The molecule has 5 nitrogen and oxygen atoms in total. The van der Waals surface area contributed by atoms with Gasteiger partial charge in [-0.2, -0.15) is 0 Å². The number of carbonyl (C=O) groups is 2. The molecule has 0 aliphatic heterocycles. The lowest BCUT2D eigenvalue weighted by Gasteiger charge is -2.22. The molecule has 0 saturated carbocycles. The number of carbonyl (C=O) groups excluding carboxylic acids is 2. The van der Waals surface area contributed by atoms with Crippen LogP contribution in [0.4, 0.5) is 10.1 Å². The highest BCUT2D eigenvalue weighted by Crippen LogP contribution is 2.20. The number of rotatable bonds is 8. The number of nitrogens with one attached hydrogen (secondary N) is 2. The van der Waals surface area contributed by atoms with Gasteiger partial charge < -0.3 is 15.1 Å². The summed E-state index contributed by atoms with van der Waals surface area (Å²) in [5.74, 6) is -0.723. The summed E-state index contributed by atoms with van der Waals surface area (Å²) in [5.41, 5.74) is 2.08. The number of benzene rings is 2. The molecule has 0 bridgehead atoms. The molecular formula is C21H26ClFN3O2+. The summed E-state index contributed by atoms with van der Waals surface area (Å²) in [7, 11) is 1.83. The minimum atomic E-state index is -0.285. The molecule has 150 valence electrons. The summed E-state index contributed by atoms with van der Waals surface area (Å²) in [6, 6.07) is 11.8. The minimum Gasteiger partial charge on any atom is -0.329 e. The molecular weight excluding hydrogens is 381 g/mol. The molecule has 0 saturated heterocycles. The lowest BCUT2D eigenvalue weighted by molar-refractivity contribution is -0.885. The topological polar surface area (TPSA) is 53.9 Å². The Bertz CT molecular complexity index is 844. The molecule has 0 aliphatic carbocycles. The summed E-state index contributed by atoms with van der Waals surface area (Å²) in [5, 5.41) is 3.33. The molecule has 1 unspecified atom stereocenters. The van der Waals surface area contributed by atoms with Gasteiger partial charge in [0.05, 0.1) is 7.05 Å². The molecule has 2 amide bonds. The maximum Gasteiger partial charge on any atom is 0.278 e. The second kappa shape index (κ2) is 10.2. The molecule has 0 spiro atoms. The highest BCUT2D eigenvalue weighted by atomic mass is 35.5. The second-order valence-electron chi connectivity index (χ2n) is 6.82. The van der Waals surface area contributed by atoms with Crippen molar-refractivity contribution >= 4 is 29.1 Å². The van der Waals surface area contributed by atoms with Crippen molar-refractivity contribution < 1.29 is 18.9 Å². The third-order valence-corrected chi connectivity index (χ3v) is 4.68. The Morgan fingerprint density at radius 3 is 2.61 bits per heavy atom. The molecule has 0 radical (unpaired) electrons. The van der Waals surface area contributed by atoms with E-state index in [1.165, 1.54) is 11.0 Å². The zero-order valence-corrected chi connectivity index (χ0v) is 17.1. The largest absolute Gasteiger partial charge is 0.329 e. The van der Waals surface area contributed by atoms with Crippen LogP contribution in [0, 0.1) is 12.7 Å². The molecule has 2 aromatic rings. The number of hydrogen-bond donors (Lipinski definition) is 2. The van der Waals surface area contributed by atoms with Crippen LogP contribution < -0.4 is 10.2 Å². The standard InChI is InChI=1S/C21H25ClFN3O2/c1-4-26(13-20(27)24-19-11-17(22)10-9-15(19)2)21(28)14-25(3)12-16-7-5-6-8-18(16)23/h5-11H,4,12-14H2,1-3H3,(H,24,27)/p+1. The van der Waals surface area contributed by atoms with Gasteiger partial charge in [0.2, 0.25) is 5.91 Å². The van der Waals surface area contributed by atoms with E-state index in [0.29, 0.717) is 29.4 Å². The van der Waals surface area contributed by atoms with Crippen molar-refractivity contribution in [1.29, 1.82) is 0 Å². The highest BCUT2D eigenvalue weighted by molar-refractivity contribution is 6.31. The monoisotopic (exact) mass is 406 g/mol. The fraction of sp³-hybridized carbons (Fsp3) is 0.333. The zero-order chi connectivity index (χ0) is 20.7. The second-order valence-corrected chi connectivity index (χ2v) is 7.25. The van der Waals surface area contributed by atoms with E-state index in [9.17, 15) is 14.0 Å². The van der Waals surface area contributed by atoms with Gasteiger partial charge in [0, 0.05) is 22.8 Å². The van der Waals surface area contributed by atoms with E-state index in [1.54, 1.807) is 30.3 Å². The van der Waals surface area contributed by atoms with Crippen LogP contribution in [0.2, 0.25) is 5.02 Å². The molecule has 7 heteroatoms. The third-order valence-electron chi connectivity index (χ3n) is 4.45. The number of halogens is 2. The van der Waals surface area contributed by atoms with E-state index >= 15 is 0 Å². The van der Waals surface area contributed by atoms with Gasteiger partial charge in [0.1, 0.15) is 18.9 Å². The van der Waals surface area contributed by atoms with Crippen LogP contribution >= 0.6 is 11.6 Å². The van der Waals surface area contributed by atoms with Crippen LogP contribution in [-0.2, 0) is 16.1 Å². The molecule has 2 aromatic carbocycles. The predicted molar refractivity (Wildman–Crippen MR) is 109 cm³/mol. The Balaban J connectivity index is 1.92. The van der Waals surface area contributed by atoms with Crippen LogP contribution in [0.25, 0.3) is 0 Å². The normalized spacial score (nSPS) is 11.8. The number of quaternary nitrogens is 1. The molecule has 0 aliphatic rings. The Kier molecular flexibility index (Phi) is 7.96. The fourth-order valence-electron chi connectivity index (χ4n) is 2.87. The Hall–Kier alpha value is -2.44. The SMILES string of the molecule is CCN(CC(=O)Nc1cc(Cl)ccc1C)C(=O)C[NH+](C)Cc1ccccc1F. The first-order chi connectivity index (χ1) is 13.3. The maximum absolute atomic E-state index is 13.8. The lowest BCUT2D eigenvalue weighted by Crippen LogP contribution is -3.09. The van der Waals surface area contributed by atoms with Gasteiger partial charge in [-0.1, -0.05) is 35.9 Å². The third kappa shape index (κ3) is 6.32. The zero-order valence-electron chi connectivity index (χ0n) is 16.4. The van der Waals surface area contributed by atoms with Crippen LogP contribution in [0.15, 0.2) is 42.5 Å². The first-order valence-electron chi connectivity index (χ1n) is 9.18. The first kappa shape index (κ1) is 21.9. The lowest BCUT2D eigenvalue weighted by atomic mass is 10.2. The molecule has 2 rings (SSSR count). The van der Waals surface area contributed by atoms with Gasteiger partial charge in [0.25, 0.3) is 5.91 Å². The Morgan fingerprint density at radius 1 is 1.21 bits per heavy atom. The van der Waals surface area contributed by atoms with Gasteiger partial charge in [-0.3, -0.25) is 9.59 Å². The van der Waals surface area contributed by atoms with E-state index in [-0.39, 0.29) is 30.7 Å². The van der Waals surface area contributed by atoms with Crippen molar-refractivity contribution in [3.8, 4) is 0 Å². The van der Waals surface area contributed by atoms with Crippen LogP contribution in [0.3, 0.4) is 0 Å². The summed E-state index contributed by atoms with van der Waals surface area (Å²) in [6.07, 6.45) is 0. The van der Waals surface area contributed by atoms with E-state index in [2.05, 4.69) is 5.32 Å². The van der Waals surface area contributed by atoms with Crippen molar-refractivity contribution in [2.24, 2.45) is 0 Å². The number of hydrogen-bond acceptors (Lipinski definition) is 2. The van der Waals surface area contributed by atoms with Gasteiger partial charge >= 0.3 is 0 Å². The van der Waals surface area contributed by atoms with Crippen LogP contribution in [0.1, 0.15) is 18.1 Å². The Labute approximate surface area is 170 Å². The number of likely N-dealkylation sites (N-methyl/N-ethyl adjacent to an activating group) is 2. The smallest absolute Gasteiger partial charge is 0.278 e. The van der Waals surface area contributed by atoms with Crippen molar-refractivity contribution in [3.05, 3.63) is 64.4 Å². The molecule has 0 fully saturated rings. The molecule has 0 aromatic heterocycles. The molecule has 1 atom stereocenters. The summed E-state index contributed by atoms with van der Waals surface area (Å²) >= 11 is 5.97. The van der Waals surface area contributed by atoms with Gasteiger partial charge in [-0.15, -0.1) is 0 Å². The quantitative estimate of drug-likeness (QED) is 0.706. The maximum atomic E-state index is 13.8. The average Bonchev–Trinajstić information content (AvgIpc) is 2.64. The van der Waals surface area contributed by atoms with E-state index < -0.39 is 0 Å². The predicted octanol–water partition coefficient (Wildman–Crippen LogP) is 2.29. The van der Waals surface area contributed by atoms with Gasteiger partial charge in [-0.05, 0) is 37.6 Å². The number of nitrogens with zero attached hydrogens (tertiary/aromatic N) is 1. The van der Waals surface area contributed by atoms with Crippen molar-refractivity contribution in [3.63, 3.8) is 0 Å². The number of anilines is 1. The fourth-order valence-corrected chi connectivity index (χ4v) is 3.04. The van der Waals surface area contributed by atoms with Gasteiger partial charge in [0.15, 0.2) is 6.54 Å². The molecule has 2 N–H and O–H groups in total. The summed E-state index contributed by atoms with van der Waals surface area (Å²) < 4.78 is 13.8.